The minimum atomic E-state index is -0.386. The van der Waals surface area contributed by atoms with Gasteiger partial charge in [-0.15, -0.1) is 0 Å². The van der Waals surface area contributed by atoms with Gasteiger partial charge in [0.1, 0.15) is 0 Å². The van der Waals surface area contributed by atoms with Crippen LogP contribution in [0.2, 0.25) is 0 Å². The van der Waals surface area contributed by atoms with E-state index in [-0.39, 0.29) is 11.9 Å². The lowest BCUT2D eigenvalue weighted by Gasteiger charge is -2.21. The summed E-state index contributed by atoms with van der Waals surface area (Å²) in [4.78, 5) is 13.2. The number of hydrogen-bond donors (Lipinski definition) is 1. The number of rotatable bonds is 1. The van der Waals surface area contributed by atoms with Gasteiger partial charge in [-0.05, 0) is 13.3 Å². The van der Waals surface area contributed by atoms with E-state index in [0.717, 1.165) is 19.6 Å². The van der Waals surface area contributed by atoms with Crippen molar-refractivity contribution in [3.05, 3.63) is 0 Å². The monoisotopic (exact) mass is 172 g/mol. The molecule has 0 radical (unpaired) electrons. The highest BCUT2D eigenvalue weighted by Gasteiger charge is 2.18. The van der Waals surface area contributed by atoms with Crippen LogP contribution in [0.4, 0.5) is 0 Å². The standard InChI is InChI=1S/C8H16N2O2/c1-7(9)8(11)10-3-2-5-12-6-4-10/h7H,2-6,9H2,1H3/t7-/m1/s1. The Labute approximate surface area is 72.7 Å². The average molecular weight is 172 g/mol. The van der Waals surface area contributed by atoms with Crippen LogP contribution in [0.5, 0.6) is 0 Å². The van der Waals surface area contributed by atoms with E-state index >= 15 is 0 Å². The first-order valence-electron chi connectivity index (χ1n) is 4.34. The maximum atomic E-state index is 11.4. The Balaban J connectivity index is 2.43. The molecule has 1 saturated heterocycles. The van der Waals surface area contributed by atoms with Crippen molar-refractivity contribution < 1.29 is 9.53 Å². The summed E-state index contributed by atoms with van der Waals surface area (Å²) in [6, 6.07) is -0.386. The second kappa shape index (κ2) is 4.42. The zero-order valence-corrected chi connectivity index (χ0v) is 7.45. The fourth-order valence-electron chi connectivity index (χ4n) is 1.25. The zero-order valence-electron chi connectivity index (χ0n) is 7.45. The van der Waals surface area contributed by atoms with Crippen molar-refractivity contribution in [1.29, 1.82) is 0 Å². The summed E-state index contributed by atoms with van der Waals surface area (Å²) >= 11 is 0. The molecule has 4 heteroatoms. The smallest absolute Gasteiger partial charge is 0.239 e. The van der Waals surface area contributed by atoms with Crippen LogP contribution in [-0.2, 0) is 9.53 Å². The molecular formula is C8H16N2O2. The number of carbonyl (C=O) groups is 1. The maximum absolute atomic E-state index is 11.4. The molecule has 1 heterocycles. The number of hydrogen-bond acceptors (Lipinski definition) is 3. The molecule has 1 aliphatic rings. The van der Waals surface area contributed by atoms with Gasteiger partial charge in [0.05, 0.1) is 12.6 Å². The second-order valence-electron chi connectivity index (χ2n) is 3.08. The second-order valence-corrected chi connectivity index (χ2v) is 3.08. The van der Waals surface area contributed by atoms with Gasteiger partial charge in [0, 0.05) is 19.7 Å². The van der Waals surface area contributed by atoms with Crippen molar-refractivity contribution in [3.8, 4) is 0 Å². The Kier molecular flexibility index (Phi) is 3.49. The van der Waals surface area contributed by atoms with E-state index < -0.39 is 0 Å². The zero-order chi connectivity index (χ0) is 8.97. The van der Waals surface area contributed by atoms with Gasteiger partial charge in [-0.25, -0.2) is 0 Å². The SMILES string of the molecule is C[C@@H](N)C(=O)N1CCCOCC1. The third-order valence-electron chi connectivity index (χ3n) is 1.92. The van der Waals surface area contributed by atoms with Gasteiger partial charge in [0.25, 0.3) is 0 Å². The Bertz CT molecular complexity index is 151. The summed E-state index contributed by atoms with van der Waals surface area (Å²) in [6.45, 7) is 4.57. The predicted molar refractivity (Wildman–Crippen MR) is 45.7 cm³/mol. The lowest BCUT2D eigenvalue weighted by Crippen LogP contribution is -2.43. The Morgan fingerprint density at radius 3 is 2.92 bits per heavy atom. The van der Waals surface area contributed by atoms with E-state index in [1.165, 1.54) is 0 Å². The number of nitrogens with zero attached hydrogens (tertiary/aromatic N) is 1. The normalized spacial score (nSPS) is 21.7. The summed E-state index contributed by atoms with van der Waals surface area (Å²) in [7, 11) is 0. The van der Waals surface area contributed by atoms with Crippen molar-refractivity contribution in [2.24, 2.45) is 5.73 Å². The molecule has 1 amide bonds. The van der Waals surface area contributed by atoms with Gasteiger partial charge in [-0.3, -0.25) is 4.79 Å². The molecule has 12 heavy (non-hydrogen) atoms. The first kappa shape index (κ1) is 9.48. The molecule has 0 saturated carbocycles. The number of amides is 1. The molecule has 0 bridgehead atoms. The number of carbonyl (C=O) groups excluding carboxylic acids is 1. The molecule has 0 aliphatic carbocycles. The molecule has 0 aromatic heterocycles. The molecule has 2 N–H and O–H groups in total. The van der Waals surface area contributed by atoms with Crippen LogP contribution in [0.3, 0.4) is 0 Å². The molecule has 1 fully saturated rings. The minimum absolute atomic E-state index is 0.0282. The van der Waals surface area contributed by atoms with Crippen molar-refractivity contribution in [2.75, 3.05) is 26.3 Å². The van der Waals surface area contributed by atoms with Crippen molar-refractivity contribution in [1.82, 2.24) is 4.90 Å². The molecule has 0 unspecified atom stereocenters. The van der Waals surface area contributed by atoms with Crippen LogP contribution < -0.4 is 5.73 Å². The van der Waals surface area contributed by atoms with E-state index in [0.29, 0.717) is 13.2 Å². The molecule has 0 aromatic rings. The van der Waals surface area contributed by atoms with Gasteiger partial charge in [0.15, 0.2) is 0 Å². The fraction of sp³-hybridized carbons (Fsp3) is 0.875. The van der Waals surface area contributed by atoms with Crippen LogP contribution in [-0.4, -0.2) is 43.2 Å². The molecule has 1 aliphatic heterocycles. The maximum Gasteiger partial charge on any atom is 0.239 e. The van der Waals surface area contributed by atoms with Crippen molar-refractivity contribution in [2.45, 2.75) is 19.4 Å². The third-order valence-corrected chi connectivity index (χ3v) is 1.92. The van der Waals surface area contributed by atoms with Crippen molar-refractivity contribution in [3.63, 3.8) is 0 Å². The molecule has 4 nitrogen and oxygen atoms in total. The molecule has 0 spiro atoms. The van der Waals surface area contributed by atoms with Crippen LogP contribution in [0.25, 0.3) is 0 Å². The largest absolute Gasteiger partial charge is 0.380 e. The lowest BCUT2D eigenvalue weighted by atomic mass is 10.3. The lowest BCUT2D eigenvalue weighted by molar-refractivity contribution is -0.132. The van der Waals surface area contributed by atoms with E-state index in [1.807, 2.05) is 0 Å². The van der Waals surface area contributed by atoms with Gasteiger partial charge < -0.3 is 15.4 Å². The third kappa shape index (κ3) is 2.46. The van der Waals surface area contributed by atoms with E-state index in [4.69, 9.17) is 10.5 Å². The summed E-state index contributed by atoms with van der Waals surface area (Å²) in [5, 5.41) is 0. The van der Waals surface area contributed by atoms with E-state index in [2.05, 4.69) is 0 Å². The highest BCUT2D eigenvalue weighted by atomic mass is 16.5. The van der Waals surface area contributed by atoms with Crippen LogP contribution in [0.15, 0.2) is 0 Å². The quantitative estimate of drug-likeness (QED) is 0.584. The van der Waals surface area contributed by atoms with Crippen LogP contribution in [0, 0.1) is 0 Å². The molecule has 1 rings (SSSR count). The molecular weight excluding hydrogens is 156 g/mol. The minimum Gasteiger partial charge on any atom is -0.380 e. The van der Waals surface area contributed by atoms with Crippen molar-refractivity contribution >= 4 is 5.91 Å². The number of nitrogens with two attached hydrogens (primary N) is 1. The number of ether oxygens (including phenoxy) is 1. The van der Waals surface area contributed by atoms with E-state index in [1.54, 1.807) is 11.8 Å². The first-order chi connectivity index (χ1) is 5.72. The highest BCUT2D eigenvalue weighted by Crippen LogP contribution is 2.00. The van der Waals surface area contributed by atoms with E-state index in [9.17, 15) is 4.79 Å². The summed E-state index contributed by atoms with van der Waals surface area (Å²) in [5.41, 5.74) is 5.49. The Hall–Kier alpha value is -0.610. The molecule has 1 atom stereocenters. The average Bonchev–Trinajstić information content (AvgIpc) is 2.30. The van der Waals surface area contributed by atoms with Gasteiger partial charge in [-0.1, -0.05) is 0 Å². The summed E-state index contributed by atoms with van der Waals surface area (Å²) in [5.74, 6) is 0.0282. The Morgan fingerprint density at radius 2 is 2.25 bits per heavy atom. The Morgan fingerprint density at radius 1 is 1.50 bits per heavy atom. The molecule has 70 valence electrons. The fourth-order valence-corrected chi connectivity index (χ4v) is 1.25. The predicted octanol–water partition coefficient (Wildman–Crippen LogP) is -0.417. The first-order valence-corrected chi connectivity index (χ1v) is 4.34. The molecule has 0 aromatic carbocycles. The summed E-state index contributed by atoms with van der Waals surface area (Å²) < 4.78 is 5.22. The van der Waals surface area contributed by atoms with Gasteiger partial charge >= 0.3 is 0 Å². The van der Waals surface area contributed by atoms with Gasteiger partial charge in [0.2, 0.25) is 5.91 Å². The van der Waals surface area contributed by atoms with Gasteiger partial charge in [-0.2, -0.15) is 0 Å². The van der Waals surface area contributed by atoms with Crippen LogP contribution >= 0.6 is 0 Å². The van der Waals surface area contributed by atoms with Crippen LogP contribution in [0.1, 0.15) is 13.3 Å². The highest BCUT2D eigenvalue weighted by molar-refractivity contribution is 5.81. The summed E-state index contributed by atoms with van der Waals surface area (Å²) in [6.07, 6.45) is 0.915. The topological polar surface area (TPSA) is 55.6 Å².